The van der Waals surface area contributed by atoms with Crippen molar-refractivity contribution in [1.29, 1.82) is 0 Å². The largest absolute Gasteiger partial charge is 0.471 e. The van der Waals surface area contributed by atoms with Gasteiger partial charge in [0.15, 0.2) is 0 Å². The molecule has 3 aromatic rings. The fourth-order valence-electron chi connectivity index (χ4n) is 8.53. The topological polar surface area (TPSA) is 169 Å². The van der Waals surface area contributed by atoms with Gasteiger partial charge in [0.1, 0.15) is 35.5 Å². The molecule has 0 radical (unpaired) electrons. The number of carbonyl (C=O) groups is 5. The number of nitrogens with zero attached hydrogens (tertiary/aromatic N) is 3. The number of rotatable bonds is 12. The van der Waals surface area contributed by atoms with Crippen molar-refractivity contribution in [1.82, 2.24) is 30.8 Å². The smallest absolute Gasteiger partial charge is 0.408 e. The second kappa shape index (κ2) is 15.7. The van der Waals surface area contributed by atoms with E-state index < -0.39 is 47.5 Å². The number of benzene rings is 1. The van der Waals surface area contributed by atoms with Gasteiger partial charge in [-0.1, -0.05) is 43.5 Å². The van der Waals surface area contributed by atoms with Crippen molar-refractivity contribution in [3.8, 4) is 16.5 Å². The summed E-state index contributed by atoms with van der Waals surface area (Å²) in [5.41, 5.74) is 0.533. The summed E-state index contributed by atoms with van der Waals surface area (Å²) < 4.78 is 12.4. The molecule has 4 saturated carbocycles. The lowest BCUT2D eigenvalue weighted by Crippen LogP contribution is -2.59. The van der Waals surface area contributed by atoms with Crippen molar-refractivity contribution in [2.24, 2.45) is 17.8 Å². The third kappa shape index (κ3) is 7.96. The number of fused-ring (bicyclic) bond motifs is 1. The number of hydrogen-bond donors (Lipinski definition) is 3. The molecule has 5 fully saturated rings. The maximum Gasteiger partial charge on any atom is 0.408 e. The number of para-hydroxylation sites is 2. The summed E-state index contributed by atoms with van der Waals surface area (Å²) >= 11 is 1.50. The molecule has 3 N–H and O–H groups in total. The van der Waals surface area contributed by atoms with E-state index in [9.17, 15) is 24.0 Å². The van der Waals surface area contributed by atoms with Gasteiger partial charge in [0.2, 0.25) is 23.6 Å². The van der Waals surface area contributed by atoms with E-state index in [1.54, 1.807) is 6.08 Å². The number of alkyl carbamates (subject to hydrolysis) is 1. The minimum atomic E-state index is -1.36. The highest BCUT2D eigenvalue weighted by Gasteiger charge is 2.61. The highest BCUT2D eigenvalue weighted by Crippen LogP contribution is 2.45. The Morgan fingerprint density at radius 3 is 2.29 bits per heavy atom. The normalized spacial score (nSPS) is 25.9. The third-order valence-electron chi connectivity index (χ3n) is 11.9. The Kier molecular flexibility index (Phi) is 10.6. The molecule has 1 aromatic carbocycles. The van der Waals surface area contributed by atoms with Crippen LogP contribution in [-0.4, -0.2) is 81.0 Å². The molecule has 0 spiro atoms. The van der Waals surface area contributed by atoms with E-state index in [-0.39, 0.29) is 55.0 Å². The van der Waals surface area contributed by atoms with Crippen LogP contribution in [0.25, 0.3) is 21.6 Å². The highest BCUT2D eigenvalue weighted by molar-refractivity contribution is 7.13. The quantitative estimate of drug-likeness (QED) is 0.161. The molecular weight excluding hydrogens is 721 g/mol. The Morgan fingerprint density at radius 1 is 0.891 bits per heavy atom. The Hall–Kier alpha value is -4.85. The van der Waals surface area contributed by atoms with Crippen LogP contribution in [0.15, 0.2) is 54.4 Å². The standard InChI is InChI=1S/C41H48N6O7S/c1-2-26-22-41(26,39(51)45-35(48)25-18-19-25)46-36(49)31-21-28(53-37-34(32-17-10-20-55-32)42-29-15-8-9-16-30(29)43-37)23-47(31)38(50)33(24-11-4-3-5-12-24)44-40(52)54-27-13-6-7-14-27/h2,8-10,15-17,20,24-28,31,33H,1,3-7,11-14,18-19,21-23H2,(H,44,52)(H,46,49)(H,45,48,51)/t26?,28-,31+,33-,41-/m1/s1. The molecule has 2 aromatic heterocycles. The van der Waals surface area contributed by atoms with Gasteiger partial charge in [-0.15, -0.1) is 17.9 Å². The van der Waals surface area contributed by atoms with E-state index in [1.165, 1.54) is 16.2 Å². The molecule has 0 bridgehead atoms. The Bertz CT molecular complexity index is 1960. The third-order valence-corrected chi connectivity index (χ3v) is 12.8. The molecule has 1 saturated heterocycles. The van der Waals surface area contributed by atoms with Crippen molar-refractivity contribution in [2.45, 2.75) is 113 Å². The number of aromatic nitrogens is 2. The van der Waals surface area contributed by atoms with Crippen molar-refractivity contribution in [3.63, 3.8) is 0 Å². The van der Waals surface area contributed by atoms with Crippen LogP contribution in [0.1, 0.15) is 83.5 Å². The van der Waals surface area contributed by atoms with E-state index in [2.05, 4.69) is 22.5 Å². The van der Waals surface area contributed by atoms with Crippen molar-refractivity contribution in [3.05, 3.63) is 54.4 Å². The second-order valence-electron chi connectivity index (χ2n) is 15.8. The number of thiophene rings is 1. The molecule has 5 amide bonds. The predicted molar refractivity (Wildman–Crippen MR) is 205 cm³/mol. The molecule has 55 heavy (non-hydrogen) atoms. The summed E-state index contributed by atoms with van der Waals surface area (Å²) in [5, 5.41) is 10.3. The number of ether oxygens (including phenoxy) is 2. The maximum absolute atomic E-state index is 14.9. The van der Waals surface area contributed by atoms with E-state index >= 15 is 0 Å². The molecule has 290 valence electrons. The van der Waals surface area contributed by atoms with E-state index in [0.29, 0.717) is 16.7 Å². The number of imide groups is 1. The molecule has 1 aliphatic heterocycles. The monoisotopic (exact) mass is 768 g/mol. The van der Waals surface area contributed by atoms with E-state index in [0.717, 1.165) is 75.5 Å². The molecule has 5 atom stereocenters. The lowest BCUT2D eigenvalue weighted by Gasteiger charge is -2.34. The van der Waals surface area contributed by atoms with Gasteiger partial charge in [0.05, 0.1) is 22.5 Å². The predicted octanol–water partition coefficient (Wildman–Crippen LogP) is 5.44. The first-order valence-corrected chi connectivity index (χ1v) is 20.6. The Morgan fingerprint density at radius 2 is 1.62 bits per heavy atom. The summed E-state index contributed by atoms with van der Waals surface area (Å²) in [7, 11) is 0. The number of hydrogen-bond acceptors (Lipinski definition) is 10. The molecule has 13 nitrogen and oxygen atoms in total. The van der Waals surface area contributed by atoms with Gasteiger partial charge in [0, 0.05) is 18.3 Å². The molecule has 5 aliphatic rings. The summed E-state index contributed by atoms with van der Waals surface area (Å²) in [6, 6.07) is 9.39. The number of carbonyl (C=O) groups excluding carboxylic acids is 5. The lowest BCUT2D eigenvalue weighted by molar-refractivity contribution is -0.142. The average Bonchev–Trinajstić information content (AvgIpc) is 3.93. The van der Waals surface area contributed by atoms with Crippen LogP contribution < -0.4 is 20.7 Å². The summed E-state index contributed by atoms with van der Waals surface area (Å²) in [4.78, 5) is 80.9. The number of amides is 5. The van der Waals surface area contributed by atoms with Gasteiger partial charge < -0.3 is 25.0 Å². The maximum atomic E-state index is 14.9. The first-order chi connectivity index (χ1) is 26.7. The highest BCUT2D eigenvalue weighted by atomic mass is 32.1. The van der Waals surface area contributed by atoms with Crippen LogP contribution in [0.4, 0.5) is 4.79 Å². The molecule has 3 heterocycles. The number of nitrogens with one attached hydrogen (secondary N) is 3. The van der Waals surface area contributed by atoms with E-state index in [1.807, 2.05) is 41.8 Å². The van der Waals surface area contributed by atoms with Crippen LogP contribution in [-0.2, 0) is 23.9 Å². The van der Waals surface area contributed by atoms with Crippen LogP contribution in [0, 0.1) is 17.8 Å². The van der Waals surface area contributed by atoms with Gasteiger partial charge >= 0.3 is 6.09 Å². The zero-order valence-electron chi connectivity index (χ0n) is 30.9. The van der Waals surface area contributed by atoms with Crippen molar-refractivity contribution >= 4 is 52.1 Å². The summed E-state index contributed by atoms with van der Waals surface area (Å²) in [6.45, 7) is 3.89. The van der Waals surface area contributed by atoms with Crippen molar-refractivity contribution < 1.29 is 33.4 Å². The van der Waals surface area contributed by atoms with Gasteiger partial charge in [-0.2, -0.15) is 0 Å². The zero-order valence-corrected chi connectivity index (χ0v) is 31.7. The van der Waals surface area contributed by atoms with Gasteiger partial charge in [0.25, 0.3) is 5.91 Å². The first-order valence-electron chi connectivity index (χ1n) is 19.8. The Balaban J connectivity index is 1.09. The van der Waals surface area contributed by atoms with Crippen molar-refractivity contribution in [2.75, 3.05) is 6.54 Å². The summed E-state index contributed by atoms with van der Waals surface area (Å²) in [5.74, 6) is -2.30. The van der Waals surface area contributed by atoms with Crippen LogP contribution in [0.5, 0.6) is 5.88 Å². The number of likely N-dealkylation sites (tertiary alicyclic amines) is 1. The molecule has 14 heteroatoms. The molecule has 8 rings (SSSR count). The second-order valence-corrected chi connectivity index (χ2v) is 16.7. The lowest BCUT2D eigenvalue weighted by atomic mass is 9.83. The molecule has 1 unspecified atom stereocenters. The van der Waals surface area contributed by atoms with Crippen LogP contribution in [0.2, 0.25) is 0 Å². The molecule has 4 aliphatic carbocycles. The SMILES string of the molecule is C=CC1C[C@]1(NC(=O)[C@@H]1C[C@@H](Oc2nc3ccccc3nc2-c2cccs2)CN1C(=O)[C@H](NC(=O)OC1CCCC1)C1CCCCC1)C(=O)NC(=O)C1CC1. The fraction of sp³-hybridized carbons (Fsp3) is 0.537. The van der Waals surface area contributed by atoms with Crippen LogP contribution in [0.3, 0.4) is 0 Å². The average molecular weight is 769 g/mol. The van der Waals surface area contributed by atoms with Gasteiger partial charge in [-0.3, -0.25) is 24.5 Å². The van der Waals surface area contributed by atoms with Gasteiger partial charge in [-0.05, 0) is 87.3 Å². The summed E-state index contributed by atoms with van der Waals surface area (Å²) in [6.07, 6.45) is 9.92. The Labute approximate surface area is 324 Å². The zero-order chi connectivity index (χ0) is 38.1. The first kappa shape index (κ1) is 37.1. The minimum Gasteiger partial charge on any atom is -0.471 e. The van der Waals surface area contributed by atoms with Gasteiger partial charge in [-0.25, -0.2) is 14.8 Å². The molecular formula is C41H48N6O7S. The van der Waals surface area contributed by atoms with Crippen LogP contribution >= 0.6 is 11.3 Å². The fourth-order valence-corrected chi connectivity index (χ4v) is 9.23. The van der Waals surface area contributed by atoms with E-state index in [4.69, 9.17) is 19.4 Å². The minimum absolute atomic E-state index is 0.0299.